The Kier molecular flexibility index (Phi) is 52.8. The first-order valence-corrected chi connectivity index (χ1v) is 28.2. The lowest BCUT2D eigenvalue weighted by atomic mass is 10.0. The van der Waals surface area contributed by atoms with Gasteiger partial charge in [-0.1, -0.05) is 270 Å². The van der Waals surface area contributed by atoms with Gasteiger partial charge in [-0.15, -0.1) is 0 Å². The van der Waals surface area contributed by atoms with E-state index >= 15 is 0 Å². The predicted molar refractivity (Wildman–Crippen MR) is 270 cm³/mol. The summed E-state index contributed by atoms with van der Waals surface area (Å²) in [4.78, 5) is 25.4. The Hall–Kier alpha value is -1.36. The number of esters is 2. The minimum Gasteiger partial charge on any atom is -0.462 e. The third kappa shape index (κ3) is 51.3. The van der Waals surface area contributed by atoms with Gasteiger partial charge < -0.3 is 14.2 Å². The molecule has 0 bridgehead atoms. The molecule has 0 saturated carbocycles. The molecule has 0 aliphatic carbocycles. The molecule has 5 heteroatoms. The number of rotatable bonds is 53. The molecule has 0 heterocycles. The zero-order valence-electron chi connectivity index (χ0n) is 42.4. The van der Waals surface area contributed by atoms with Crippen molar-refractivity contribution in [2.45, 2.75) is 322 Å². The molecule has 1 atom stereocenters. The van der Waals surface area contributed by atoms with Gasteiger partial charge in [0.2, 0.25) is 0 Å². The van der Waals surface area contributed by atoms with E-state index in [0.717, 1.165) is 32.1 Å². The maximum Gasteiger partial charge on any atom is 0.306 e. The second-order valence-electron chi connectivity index (χ2n) is 19.2. The standard InChI is InChI=1S/C57H110O5/c1-4-7-10-13-16-19-21-23-25-27-29-30-32-34-36-39-41-44-47-50-56(58)61-54-55(62-57(59)51-48-45-42-38-18-15-12-9-6-3)53-60-52-49-46-43-40-37-35-33-31-28-26-24-22-20-17-14-11-8-5-2/h23,25,55H,4-22,24,26-54H2,1-3H3/b25-23-. The van der Waals surface area contributed by atoms with E-state index in [9.17, 15) is 9.59 Å². The number of hydrogen-bond donors (Lipinski definition) is 0. The molecule has 0 N–H and O–H groups in total. The van der Waals surface area contributed by atoms with Crippen molar-refractivity contribution in [1.29, 1.82) is 0 Å². The summed E-state index contributed by atoms with van der Waals surface area (Å²) in [6.45, 7) is 7.88. The average Bonchev–Trinajstić information content (AvgIpc) is 3.27. The highest BCUT2D eigenvalue weighted by molar-refractivity contribution is 5.70. The maximum absolute atomic E-state index is 12.8. The first-order valence-electron chi connectivity index (χ1n) is 28.2. The number of allylic oxidation sites excluding steroid dienone is 2. The van der Waals surface area contributed by atoms with Crippen molar-refractivity contribution in [3.63, 3.8) is 0 Å². The van der Waals surface area contributed by atoms with Gasteiger partial charge in [0.25, 0.3) is 0 Å². The van der Waals surface area contributed by atoms with Crippen LogP contribution in [0.3, 0.4) is 0 Å². The molecular weight excluding hydrogens is 765 g/mol. The first kappa shape index (κ1) is 60.6. The number of ether oxygens (including phenoxy) is 3. The van der Waals surface area contributed by atoms with E-state index in [4.69, 9.17) is 14.2 Å². The van der Waals surface area contributed by atoms with Gasteiger partial charge in [0.15, 0.2) is 6.10 Å². The molecule has 0 saturated heterocycles. The van der Waals surface area contributed by atoms with E-state index in [1.807, 2.05) is 0 Å². The third-order valence-corrected chi connectivity index (χ3v) is 12.8. The number of unbranched alkanes of at least 4 members (excludes halogenated alkanes) is 40. The molecule has 62 heavy (non-hydrogen) atoms. The topological polar surface area (TPSA) is 61.8 Å². The zero-order valence-corrected chi connectivity index (χ0v) is 42.4. The Balaban J connectivity index is 4.09. The summed E-state index contributed by atoms with van der Waals surface area (Å²) in [5.74, 6) is -0.379. The normalized spacial score (nSPS) is 12.1. The molecule has 0 aromatic carbocycles. The maximum atomic E-state index is 12.8. The van der Waals surface area contributed by atoms with Gasteiger partial charge in [0, 0.05) is 19.4 Å². The van der Waals surface area contributed by atoms with Gasteiger partial charge in [-0.3, -0.25) is 9.59 Å². The van der Waals surface area contributed by atoms with Crippen LogP contribution in [0.25, 0.3) is 0 Å². The summed E-state index contributed by atoms with van der Waals surface area (Å²) in [5, 5.41) is 0. The molecule has 0 aliphatic heterocycles. The lowest BCUT2D eigenvalue weighted by Crippen LogP contribution is -2.30. The van der Waals surface area contributed by atoms with Crippen molar-refractivity contribution in [2.75, 3.05) is 19.8 Å². The first-order chi connectivity index (χ1) is 30.6. The monoisotopic (exact) mass is 875 g/mol. The number of carbonyl (C=O) groups excluding carboxylic acids is 2. The van der Waals surface area contributed by atoms with E-state index in [1.54, 1.807) is 0 Å². The molecule has 0 spiro atoms. The quantitative estimate of drug-likeness (QED) is 0.0346. The Labute approximate surface area is 388 Å². The number of carbonyl (C=O) groups is 2. The largest absolute Gasteiger partial charge is 0.462 e. The van der Waals surface area contributed by atoms with Crippen LogP contribution >= 0.6 is 0 Å². The fraction of sp³-hybridized carbons (Fsp3) is 0.930. The highest BCUT2D eigenvalue weighted by atomic mass is 16.6. The van der Waals surface area contributed by atoms with Crippen LogP contribution in [0.4, 0.5) is 0 Å². The van der Waals surface area contributed by atoms with E-state index in [0.29, 0.717) is 26.1 Å². The van der Waals surface area contributed by atoms with E-state index < -0.39 is 6.10 Å². The fourth-order valence-electron chi connectivity index (χ4n) is 8.57. The van der Waals surface area contributed by atoms with Crippen molar-refractivity contribution in [3.05, 3.63) is 12.2 Å². The van der Waals surface area contributed by atoms with E-state index in [-0.39, 0.29) is 18.5 Å². The lowest BCUT2D eigenvalue weighted by Gasteiger charge is -2.18. The van der Waals surface area contributed by atoms with Crippen LogP contribution < -0.4 is 0 Å². The van der Waals surface area contributed by atoms with Crippen LogP contribution in [-0.2, 0) is 23.8 Å². The van der Waals surface area contributed by atoms with Gasteiger partial charge in [-0.25, -0.2) is 0 Å². The molecule has 1 unspecified atom stereocenters. The van der Waals surface area contributed by atoms with Crippen molar-refractivity contribution >= 4 is 11.9 Å². The van der Waals surface area contributed by atoms with Gasteiger partial charge in [0.05, 0.1) is 6.61 Å². The van der Waals surface area contributed by atoms with Crippen LogP contribution in [0.1, 0.15) is 316 Å². The van der Waals surface area contributed by atoms with Gasteiger partial charge >= 0.3 is 11.9 Å². The average molecular weight is 876 g/mol. The molecule has 0 radical (unpaired) electrons. The highest BCUT2D eigenvalue weighted by Crippen LogP contribution is 2.17. The van der Waals surface area contributed by atoms with Crippen molar-refractivity contribution in [3.8, 4) is 0 Å². The second kappa shape index (κ2) is 54.0. The predicted octanol–water partition coefficient (Wildman–Crippen LogP) is 19.0. The van der Waals surface area contributed by atoms with Crippen LogP contribution in [0.15, 0.2) is 12.2 Å². The van der Waals surface area contributed by atoms with Gasteiger partial charge in [0.1, 0.15) is 6.61 Å². The SMILES string of the molecule is CCCCCCCC/C=C\CCCCCCCCCCCC(=O)OCC(COCCCCCCCCCCCCCCCCCCCC)OC(=O)CCCCCCCCCCC. The molecule has 0 aromatic heterocycles. The van der Waals surface area contributed by atoms with Gasteiger partial charge in [-0.05, 0) is 44.9 Å². The minimum atomic E-state index is -0.526. The second-order valence-corrected chi connectivity index (χ2v) is 19.2. The molecular formula is C57H110O5. The summed E-state index contributed by atoms with van der Waals surface area (Å²) in [5.41, 5.74) is 0. The summed E-state index contributed by atoms with van der Waals surface area (Å²) in [7, 11) is 0. The van der Waals surface area contributed by atoms with Crippen molar-refractivity contribution in [1.82, 2.24) is 0 Å². The molecule has 0 aliphatic rings. The Morgan fingerprint density at radius 1 is 0.339 bits per heavy atom. The van der Waals surface area contributed by atoms with E-state index in [1.165, 1.54) is 250 Å². The third-order valence-electron chi connectivity index (χ3n) is 12.8. The van der Waals surface area contributed by atoms with Gasteiger partial charge in [-0.2, -0.15) is 0 Å². The smallest absolute Gasteiger partial charge is 0.306 e. The summed E-state index contributed by atoms with van der Waals surface area (Å²) >= 11 is 0. The molecule has 368 valence electrons. The van der Waals surface area contributed by atoms with Crippen LogP contribution in [0.2, 0.25) is 0 Å². The summed E-state index contributed by atoms with van der Waals surface area (Å²) in [6.07, 6.45) is 62.4. The van der Waals surface area contributed by atoms with E-state index in [2.05, 4.69) is 32.9 Å². The summed E-state index contributed by atoms with van der Waals surface area (Å²) in [6, 6.07) is 0. The Bertz CT molecular complexity index is 902. The lowest BCUT2D eigenvalue weighted by molar-refractivity contribution is -0.163. The van der Waals surface area contributed by atoms with Crippen LogP contribution in [0.5, 0.6) is 0 Å². The number of hydrogen-bond acceptors (Lipinski definition) is 5. The van der Waals surface area contributed by atoms with Crippen molar-refractivity contribution < 1.29 is 23.8 Å². The Morgan fingerprint density at radius 2 is 0.629 bits per heavy atom. The van der Waals surface area contributed by atoms with Crippen LogP contribution in [-0.4, -0.2) is 37.9 Å². The fourth-order valence-corrected chi connectivity index (χ4v) is 8.57. The van der Waals surface area contributed by atoms with Crippen molar-refractivity contribution in [2.24, 2.45) is 0 Å². The summed E-state index contributed by atoms with van der Waals surface area (Å²) < 4.78 is 17.4. The highest BCUT2D eigenvalue weighted by Gasteiger charge is 2.17. The molecule has 5 nitrogen and oxygen atoms in total. The molecule has 0 rings (SSSR count). The molecule has 0 aromatic rings. The Morgan fingerprint density at radius 3 is 0.984 bits per heavy atom. The van der Waals surface area contributed by atoms with Crippen LogP contribution in [0, 0.1) is 0 Å². The minimum absolute atomic E-state index is 0.0936. The molecule has 0 fully saturated rings. The zero-order chi connectivity index (χ0) is 44.9. The molecule has 0 amide bonds.